The third kappa shape index (κ3) is 6.75. The van der Waals surface area contributed by atoms with Gasteiger partial charge in [-0.2, -0.15) is 11.8 Å². The molecule has 0 saturated carbocycles. The van der Waals surface area contributed by atoms with Gasteiger partial charge in [0.15, 0.2) is 15.8 Å². The first-order valence-electron chi connectivity index (χ1n) is 9.19. The number of sulfone groups is 1. The average molecular weight is 504 g/mol. The third-order valence-electron chi connectivity index (χ3n) is 5.08. The normalized spacial score (nSPS) is 25.7. The predicted octanol–water partition coefficient (Wildman–Crippen LogP) is 3.00. The van der Waals surface area contributed by atoms with Crippen molar-refractivity contribution in [2.75, 3.05) is 36.9 Å². The van der Waals surface area contributed by atoms with E-state index in [0.29, 0.717) is 28.8 Å². The molecule has 1 atom stereocenters. The second-order valence-electron chi connectivity index (χ2n) is 7.39. The van der Waals surface area contributed by atoms with Crippen LogP contribution in [0.5, 0.6) is 0 Å². The maximum absolute atomic E-state index is 11.7. The highest BCUT2D eigenvalue weighted by molar-refractivity contribution is 14.0. The Hall–Kier alpha value is 0.300. The Morgan fingerprint density at radius 2 is 2.04 bits per heavy atom. The monoisotopic (exact) mass is 503 g/mol. The Labute approximate surface area is 175 Å². The minimum absolute atomic E-state index is 0. The lowest BCUT2D eigenvalue weighted by Gasteiger charge is -2.43. The molecular formula is C17H34IN3O2S2. The van der Waals surface area contributed by atoms with E-state index in [-0.39, 0.29) is 29.9 Å². The van der Waals surface area contributed by atoms with Crippen molar-refractivity contribution < 1.29 is 8.42 Å². The lowest BCUT2D eigenvalue weighted by molar-refractivity contribution is 0.336. The second kappa shape index (κ2) is 10.0. The van der Waals surface area contributed by atoms with E-state index in [2.05, 4.69) is 49.7 Å². The minimum atomic E-state index is -2.82. The van der Waals surface area contributed by atoms with Crippen LogP contribution in [0.15, 0.2) is 4.99 Å². The number of aliphatic imine (C=N–C) groups is 1. The molecule has 2 aliphatic heterocycles. The molecule has 2 saturated heterocycles. The minimum Gasteiger partial charge on any atom is -0.354 e. The maximum atomic E-state index is 11.7. The average Bonchev–Trinajstić information content (AvgIpc) is 2.90. The molecule has 0 aliphatic carbocycles. The first-order valence-corrected chi connectivity index (χ1v) is 12.0. The number of nitrogens with one attached hydrogen (secondary N) is 1. The topological polar surface area (TPSA) is 61.8 Å². The molecule has 1 unspecified atom stereocenters. The van der Waals surface area contributed by atoms with Crippen LogP contribution in [-0.4, -0.2) is 67.0 Å². The smallest absolute Gasteiger partial charge is 0.194 e. The van der Waals surface area contributed by atoms with Crippen molar-refractivity contribution in [1.29, 1.82) is 0 Å². The van der Waals surface area contributed by atoms with Gasteiger partial charge in [-0.1, -0.05) is 13.8 Å². The van der Waals surface area contributed by atoms with Crippen LogP contribution >= 0.6 is 35.7 Å². The van der Waals surface area contributed by atoms with E-state index in [1.165, 1.54) is 12.8 Å². The molecule has 2 aliphatic rings. The molecule has 0 bridgehead atoms. The summed E-state index contributed by atoms with van der Waals surface area (Å²) in [7, 11) is -2.82. The van der Waals surface area contributed by atoms with Gasteiger partial charge in [-0.3, -0.25) is 4.99 Å². The molecular weight excluding hydrogens is 469 g/mol. The molecule has 0 spiro atoms. The summed E-state index contributed by atoms with van der Waals surface area (Å²) in [5, 5.41) is 3.50. The van der Waals surface area contributed by atoms with Crippen LogP contribution < -0.4 is 5.32 Å². The number of hydrogen-bond donors (Lipinski definition) is 1. The van der Waals surface area contributed by atoms with Gasteiger partial charge < -0.3 is 10.2 Å². The lowest BCUT2D eigenvalue weighted by atomic mass is 10.0. The third-order valence-corrected chi connectivity index (χ3v) is 8.62. The largest absolute Gasteiger partial charge is 0.354 e. The zero-order valence-corrected chi connectivity index (χ0v) is 19.9. The van der Waals surface area contributed by atoms with E-state index in [4.69, 9.17) is 4.99 Å². The second-order valence-corrected chi connectivity index (χ2v) is 11.2. The fourth-order valence-electron chi connectivity index (χ4n) is 3.43. The summed E-state index contributed by atoms with van der Waals surface area (Å²) in [6.07, 6.45) is 3.09. The highest BCUT2D eigenvalue weighted by atomic mass is 127. The zero-order valence-electron chi connectivity index (χ0n) is 16.0. The van der Waals surface area contributed by atoms with Gasteiger partial charge in [0.1, 0.15) is 0 Å². The van der Waals surface area contributed by atoms with E-state index in [9.17, 15) is 8.42 Å². The summed E-state index contributed by atoms with van der Waals surface area (Å²) >= 11 is 2.09. The predicted molar refractivity (Wildman–Crippen MR) is 120 cm³/mol. The summed E-state index contributed by atoms with van der Waals surface area (Å²) in [6, 6.07) is 0.322. The van der Waals surface area contributed by atoms with Crippen LogP contribution in [0.1, 0.15) is 47.0 Å². The van der Waals surface area contributed by atoms with Crippen LogP contribution in [-0.2, 0) is 9.84 Å². The van der Waals surface area contributed by atoms with E-state index in [1.807, 2.05) is 0 Å². The van der Waals surface area contributed by atoms with Gasteiger partial charge >= 0.3 is 0 Å². The first-order chi connectivity index (χ1) is 11.3. The first kappa shape index (κ1) is 23.3. The summed E-state index contributed by atoms with van der Waals surface area (Å²) in [5.74, 6) is 2.89. The molecule has 2 rings (SSSR count). The van der Waals surface area contributed by atoms with E-state index < -0.39 is 9.84 Å². The molecule has 0 aromatic heterocycles. The molecule has 8 heteroatoms. The Kier molecular flexibility index (Phi) is 9.35. The standard InChI is InChI=1S/C17H33N3O2S2.HI/c1-5-17(6-2)13-20(8-9-23-17)16(19-14(3)4)18-11-15-7-10-24(21,22)12-15;/h14-15H,5-13H2,1-4H3,(H,18,19);1H. The molecule has 2 heterocycles. The van der Waals surface area contributed by atoms with Crippen molar-refractivity contribution in [2.24, 2.45) is 10.9 Å². The van der Waals surface area contributed by atoms with Gasteiger partial charge in [0.25, 0.3) is 0 Å². The van der Waals surface area contributed by atoms with Crippen LogP contribution in [0, 0.1) is 5.92 Å². The Bertz CT molecular complexity index is 548. The number of thioether (sulfide) groups is 1. The lowest BCUT2D eigenvalue weighted by Crippen LogP contribution is -2.53. The van der Waals surface area contributed by atoms with Crippen molar-refractivity contribution >= 4 is 51.5 Å². The molecule has 0 radical (unpaired) electrons. The molecule has 0 aromatic carbocycles. The molecule has 25 heavy (non-hydrogen) atoms. The van der Waals surface area contributed by atoms with E-state index >= 15 is 0 Å². The summed E-state index contributed by atoms with van der Waals surface area (Å²) in [5.41, 5.74) is 0. The van der Waals surface area contributed by atoms with Crippen LogP contribution in [0.4, 0.5) is 0 Å². The molecule has 1 N–H and O–H groups in total. The number of guanidine groups is 1. The number of halogens is 1. The van der Waals surface area contributed by atoms with Crippen molar-refractivity contribution in [3.8, 4) is 0 Å². The van der Waals surface area contributed by atoms with Crippen molar-refractivity contribution in [1.82, 2.24) is 10.2 Å². The molecule has 0 amide bonds. The number of hydrogen-bond acceptors (Lipinski definition) is 4. The Morgan fingerprint density at radius 1 is 1.36 bits per heavy atom. The van der Waals surface area contributed by atoms with Gasteiger partial charge in [0.2, 0.25) is 0 Å². The molecule has 2 fully saturated rings. The molecule has 148 valence electrons. The highest BCUT2D eigenvalue weighted by Gasteiger charge is 2.34. The fraction of sp³-hybridized carbons (Fsp3) is 0.941. The van der Waals surface area contributed by atoms with Crippen LogP contribution in [0.2, 0.25) is 0 Å². The summed E-state index contributed by atoms with van der Waals surface area (Å²) in [4.78, 5) is 7.21. The molecule has 5 nitrogen and oxygen atoms in total. The summed E-state index contributed by atoms with van der Waals surface area (Å²) < 4.78 is 23.6. The van der Waals surface area contributed by atoms with Gasteiger partial charge in [0.05, 0.1) is 11.5 Å². The van der Waals surface area contributed by atoms with Crippen LogP contribution in [0.25, 0.3) is 0 Å². The summed E-state index contributed by atoms with van der Waals surface area (Å²) in [6.45, 7) is 11.4. The Balaban J connectivity index is 0.00000312. The van der Waals surface area contributed by atoms with E-state index in [0.717, 1.165) is 31.2 Å². The van der Waals surface area contributed by atoms with Crippen molar-refractivity contribution in [3.63, 3.8) is 0 Å². The SMILES string of the molecule is CCC1(CC)CN(C(=NCC2CCS(=O)(=O)C2)NC(C)C)CCS1.I. The maximum Gasteiger partial charge on any atom is 0.194 e. The van der Waals surface area contributed by atoms with Gasteiger partial charge in [0, 0.05) is 36.2 Å². The zero-order chi connectivity index (χ0) is 17.8. The highest BCUT2D eigenvalue weighted by Crippen LogP contribution is 2.36. The Morgan fingerprint density at radius 3 is 2.56 bits per heavy atom. The molecule has 0 aromatic rings. The van der Waals surface area contributed by atoms with Gasteiger partial charge in [-0.25, -0.2) is 8.42 Å². The van der Waals surface area contributed by atoms with Gasteiger partial charge in [-0.15, -0.1) is 24.0 Å². The van der Waals surface area contributed by atoms with Crippen LogP contribution in [0.3, 0.4) is 0 Å². The quantitative estimate of drug-likeness (QED) is 0.355. The number of nitrogens with zero attached hydrogens (tertiary/aromatic N) is 2. The van der Waals surface area contributed by atoms with Gasteiger partial charge in [-0.05, 0) is 39.0 Å². The van der Waals surface area contributed by atoms with E-state index in [1.54, 1.807) is 0 Å². The fourth-order valence-corrected chi connectivity index (χ4v) is 6.68. The van der Waals surface area contributed by atoms with Crippen molar-refractivity contribution in [2.45, 2.75) is 57.7 Å². The van der Waals surface area contributed by atoms with Crippen molar-refractivity contribution in [3.05, 3.63) is 0 Å². The number of rotatable bonds is 5.